The van der Waals surface area contributed by atoms with Crippen molar-refractivity contribution in [3.63, 3.8) is 0 Å². The number of likely N-dealkylation sites (N-methyl/N-ethyl adjacent to an activating group) is 1. The summed E-state index contributed by atoms with van der Waals surface area (Å²) < 4.78 is 0. The van der Waals surface area contributed by atoms with E-state index in [0.29, 0.717) is 6.54 Å². The molecule has 0 heterocycles. The first kappa shape index (κ1) is 12.5. The van der Waals surface area contributed by atoms with Crippen LogP contribution in [0.15, 0.2) is 0 Å². The van der Waals surface area contributed by atoms with Gasteiger partial charge in [-0.2, -0.15) is 0 Å². The molecule has 0 rings (SSSR count). The normalized spacial score (nSPS) is 11.3. The largest absolute Gasteiger partial charge is 0.389 e. The van der Waals surface area contributed by atoms with Gasteiger partial charge in [0.1, 0.15) is 0 Å². The summed E-state index contributed by atoms with van der Waals surface area (Å²) in [6.45, 7) is 4.31. The minimum Gasteiger partial charge on any atom is -0.389 e. The van der Waals surface area contributed by atoms with E-state index >= 15 is 0 Å². The number of aliphatic hydroxyl groups is 1. The number of hydrogen-bond acceptors (Lipinski definition) is 2. The Morgan fingerprint density at radius 3 is 1.67 bits per heavy atom. The molecule has 0 spiro atoms. The first-order chi connectivity index (χ1) is 3.42. The van der Waals surface area contributed by atoms with Gasteiger partial charge in [0.15, 0.2) is 0 Å². The zero-order valence-electron chi connectivity index (χ0n) is 6.60. The van der Waals surface area contributed by atoms with Gasteiger partial charge in [0.25, 0.3) is 0 Å². The molecule has 0 aromatic rings. The van der Waals surface area contributed by atoms with Crippen molar-refractivity contribution >= 4 is 0 Å². The molecule has 9 heavy (non-hydrogen) atoms. The van der Waals surface area contributed by atoms with Crippen LogP contribution in [0, 0.1) is 0 Å². The van der Waals surface area contributed by atoms with Crippen LogP contribution in [-0.2, 0) is 25.8 Å². The molecule has 0 atom stereocenters. The molecule has 3 heteroatoms. The molecule has 54 valence electrons. The zero-order chi connectivity index (χ0) is 6.78. The summed E-state index contributed by atoms with van der Waals surface area (Å²) in [5.74, 6) is 0. The van der Waals surface area contributed by atoms with Gasteiger partial charge in [0, 0.05) is 32.4 Å². The van der Waals surface area contributed by atoms with E-state index in [2.05, 4.69) is 0 Å². The maximum absolute atomic E-state index is 9.15. The van der Waals surface area contributed by atoms with Crippen molar-refractivity contribution in [1.82, 2.24) is 4.90 Å². The number of rotatable bonds is 2. The van der Waals surface area contributed by atoms with E-state index in [4.69, 9.17) is 5.11 Å². The Morgan fingerprint density at radius 2 is 1.67 bits per heavy atom. The molecule has 0 aromatic heterocycles. The quantitative estimate of drug-likeness (QED) is 0.742. The van der Waals surface area contributed by atoms with Gasteiger partial charge in [-0.05, 0) is 27.9 Å². The van der Waals surface area contributed by atoms with Crippen LogP contribution in [-0.4, -0.2) is 36.2 Å². The molecule has 0 saturated heterocycles. The fourth-order valence-electron chi connectivity index (χ4n) is 0.774. The molecule has 0 aliphatic carbocycles. The van der Waals surface area contributed by atoms with Crippen LogP contribution in [0.3, 0.4) is 0 Å². The average Bonchev–Trinajstić information content (AvgIpc) is 1.21. The van der Waals surface area contributed by atoms with Gasteiger partial charge in [-0.3, -0.25) is 0 Å². The Balaban J connectivity index is 0. The number of hydrogen-bond donors (Lipinski definition) is 1. The Kier molecular flexibility index (Phi) is 6.35. The van der Waals surface area contributed by atoms with E-state index in [1.807, 2.05) is 19.0 Å². The van der Waals surface area contributed by atoms with E-state index < -0.39 is 5.60 Å². The van der Waals surface area contributed by atoms with Gasteiger partial charge in [-0.1, -0.05) is 0 Å². The van der Waals surface area contributed by atoms with Gasteiger partial charge >= 0.3 is 0 Å². The third kappa shape index (κ3) is 12.1. The van der Waals surface area contributed by atoms with Gasteiger partial charge in [0.05, 0.1) is 5.60 Å². The zero-order valence-corrected chi connectivity index (χ0v) is 10.2. The van der Waals surface area contributed by atoms with E-state index in [9.17, 15) is 0 Å². The molecule has 0 unspecified atom stereocenters. The smallest absolute Gasteiger partial charge is 0.0717 e. The Labute approximate surface area is 76.0 Å². The van der Waals surface area contributed by atoms with Crippen molar-refractivity contribution in [3.05, 3.63) is 0 Å². The van der Waals surface area contributed by atoms with Crippen LogP contribution in [0.25, 0.3) is 0 Å². The van der Waals surface area contributed by atoms with Crippen LogP contribution in [0.5, 0.6) is 0 Å². The second-order valence-electron chi connectivity index (χ2n) is 3.05. The van der Waals surface area contributed by atoms with Crippen LogP contribution in [0.2, 0.25) is 0 Å². The van der Waals surface area contributed by atoms with E-state index in [1.165, 1.54) is 0 Å². The van der Waals surface area contributed by atoms with Crippen molar-refractivity contribution < 1.29 is 30.9 Å². The summed E-state index contributed by atoms with van der Waals surface area (Å²) in [7, 11) is 3.88. The predicted octanol–water partition coefficient (Wildman–Crippen LogP) is 0.316. The van der Waals surface area contributed by atoms with E-state index in [0.717, 1.165) is 0 Å². The Bertz CT molecular complexity index is 67.9. The summed E-state index contributed by atoms with van der Waals surface area (Å²) in [5.41, 5.74) is -0.552. The molecule has 0 fully saturated rings. The third-order valence-corrected chi connectivity index (χ3v) is 0.703. The SMILES string of the molecule is CN(C)CC(C)(C)O.[Hf]. The van der Waals surface area contributed by atoms with Crippen molar-refractivity contribution in [2.75, 3.05) is 20.6 Å². The van der Waals surface area contributed by atoms with Gasteiger partial charge in [0.2, 0.25) is 0 Å². The molecule has 0 aliphatic heterocycles. The maximum Gasteiger partial charge on any atom is 0.0717 e. The molecule has 0 aliphatic rings. The second-order valence-corrected chi connectivity index (χ2v) is 3.05. The first-order valence-corrected chi connectivity index (χ1v) is 2.79. The maximum atomic E-state index is 9.15. The predicted molar refractivity (Wildman–Crippen MR) is 34.9 cm³/mol. The molecule has 0 radical (unpaired) electrons. The topological polar surface area (TPSA) is 23.5 Å². The Morgan fingerprint density at radius 1 is 1.33 bits per heavy atom. The van der Waals surface area contributed by atoms with E-state index in [-0.39, 0.29) is 25.8 Å². The van der Waals surface area contributed by atoms with Crippen molar-refractivity contribution in [2.45, 2.75) is 19.4 Å². The van der Waals surface area contributed by atoms with Crippen LogP contribution < -0.4 is 0 Å². The molecular formula is C6H15HfNO. The van der Waals surface area contributed by atoms with Gasteiger partial charge in [-0.15, -0.1) is 0 Å². The first-order valence-electron chi connectivity index (χ1n) is 2.79. The van der Waals surface area contributed by atoms with Crippen molar-refractivity contribution in [2.24, 2.45) is 0 Å². The summed E-state index contributed by atoms with van der Waals surface area (Å²) in [4.78, 5) is 1.96. The summed E-state index contributed by atoms with van der Waals surface area (Å²) >= 11 is 0. The van der Waals surface area contributed by atoms with E-state index in [1.54, 1.807) is 13.8 Å². The van der Waals surface area contributed by atoms with Crippen LogP contribution in [0.1, 0.15) is 13.8 Å². The second kappa shape index (κ2) is 4.58. The summed E-state index contributed by atoms with van der Waals surface area (Å²) in [6, 6.07) is 0. The molecule has 0 saturated carbocycles. The molecule has 2 nitrogen and oxygen atoms in total. The van der Waals surface area contributed by atoms with Gasteiger partial charge in [-0.25, -0.2) is 0 Å². The third-order valence-electron chi connectivity index (χ3n) is 0.703. The standard InChI is InChI=1S/C6H15NO.Hf/c1-6(2,8)5-7(3)4;/h8H,5H2,1-4H3;. The molecule has 1 N–H and O–H groups in total. The van der Waals surface area contributed by atoms with Crippen molar-refractivity contribution in [1.29, 1.82) is 0 Å². The minimum atomic E-state index is -0.552. The summed E-state index contributed by atoms with van der Waals surface area (Å²) in [6.07, 6.45) is 0. The fourth-order valence-corrected chi connectivity index (χ4v) is 0.774. The van der Waals surface area contributed by atoms with Crippen LogP contribution in [0.4, 0.5) is 0 Å². The van der Waals surface area contributed by atoms with Crippen LogP contribution >= 0.6 is 0 Å². The van der Waals surface area contributed by atoms with Gasteiger partial charge < -0.3 is 10.0 Å². The number of nitrogens with zero attached hydrogens (tertiary/aromatic N) is 1. The molecule has 0 bridgehead atoms. The molecule has 0 aromatic carbocycles. The summed E-state index contributed by atoms with van der Waals surface area (Å²) in [5, 5.41) is 9.15. The minimum absolute atomic E-state index is 0. The van der Waals surface area contributed by atoms with Crippen molar-refractivity contribution in [3.8, 4) is 0 Å². The molecule has 0 amide bonds. The molecular weight excluding hydrogens is 281 g/mol. The fraction of sp³-hybridized carbons (Fsp3) is 1.00. The Hall–Kier alpha value is 0.790. The average molecular weight is 296 g/mol. The monoisotopic (exact) mass is 297 g/mol.